The molecule has 1 aliphatic rings. The summed E-state index contributed by atoms with van der Waals surface area (Å²) in [5.74, 6) is 0.948. The lowest BCUT2D eigenvalue weighted by Crippen LogP contribution is -2.37. The molecule has 21 heavy (non-hydrogen) atoms. The average molecular weight is 290 g/mol. The highest BCUT2D eigenvalue weighted by molar-refractivity contribution is 5.93. The fourth-order valence-electron chi connectivity index (χ4n) is 1.89. The Morgan fingerprint density at radius 1 is 1.48 bits per heavy atom. The van der Waals surface area contributed by atoms with Crippen LogP contribution in [-0.4, -0.2) is 35.1 Å². The number of hydrogen-bond donors (Lipinski definition) is 2. The zero-order valence-corrected chi connectivity index (χ0v) is 11.3. The molecule has 0 unspecified atom stereocenters. The lowest BCUT2D eigenvalue weighted by atomic mass is 10.2. The second-order valence-corrected chi connectivity index (χ2v) is 4.96. The average Bonchev–Trinajstić information content (AvgIpc) is 3.24. The summed E-state index contributed by atoms with van der Waals surface area (Å²) >= 11 is 0. The molecule has 0 aliphatic heterocycles. The molecule has 2 rings (SSSR count). The molecule has 2 N–H and O–H groups in total. The largest absolute Gasteiger partial charge is 0.478 e. The lowest BCUT2D eigenvalue weighted by molar-refractivity contribution is 0.0697. The Morgan fingerprint density at radius 3 is 2.76 bits per heavy atom. The number of benzene rings is 1. The van der Waals surface area contributed by atoms with Gasteiger partial charge in [0, 0.05) is 6.54 Å². The molecule has 0 spiro atoms. The number of anilines is 1. The minimum atomic E-state index is -1.19. The van der Waals surface area contributed by atoms with Gasteiger partial charge in [-0.1, -0.05) is 5.92 Å². The molecule has 1 aliphatic carbocycles. The molecular weight excluding hydrogens is 275 g/mol. The van der Waals surface area contributed by atoms with Crippen LogP contribution in [0.1, 0.15) is 23.2 Å². The number of halogens is 1. The molecule has 1 fully saturated rings. The number of nitrogens with one attached hydrogen (secondary N) is 1. The minimum Gasteiger partial charge on any atom is -0.478 e. The first-order valence-electron chi connectivity index (χ1n) is 6.53. The first-order chi connectivity index (χ1) is 10.0. The van der Waals surface area contributed by atoms with Crippen molar-refractivity contribution in [3.63, 3.8) is 0 Å². The standard InChI is InChI=1S/C15H15FN2O3/c1-2-7-18(9-10-3-4-10)15(21)17-13-8-11(14(19)20)5-6-12(13)16/h1,5-6,8,10H,3-4,7,9H2,(H,17,21)(H,19,20). The van der Waals surface area contributed by atoms with E-state index in [0.29, 0.717) is 12.5 Å². The van der Waals surface area contributed by atoms with Crippen LogP contribution in [-0.2, 0) is 0 Å². The molecule has 2 amide bonds. The summed E-state index contributed by atoms with van der Waals surface area (Å²) in [6.07, 6.45) is 7.33. The molecule has 0 saturated heterocycles. The van der Waals surface area contributed by atoms with E-state index in [2.05, 4.69) is 11.2 Å². The van der Waals surface area contributed by atoms with Gasteiger partial charge in [-0.3, -0.25) is 0 Å². The monoisotopic (exact) mass is 290 g/mol. The molecule has 110 valence electrons. The van der Waals surface area contributed by atoms with E-state index < -0.39 is 17.8 Å². The van der Waals surface area contributed by atoms with E-state index in [1.807, 2.05) is 0 Å². The van der Waals surface area contributed by atoms with Crippen LogP contribution in [0.15, 0.2) is 18.2 Å². The van der Waals surface area contributed by atoms with Gasteiger partial charge < -0.3 is 15.3 Å². The van der Waals surface area contributed by atoms with E-state index in [9.17, 15) is 14.0 Å². The number of hydrogen-bond acceptors (Lipinski definition) is 2. The SMILES string of the molecule is C#CCN(CC1CC1)C(=O)Nc1cc(C(=O)O)ccc1F. The van der Waals surface area contributed by atoms with Crippen molar-refractivity contribution >= 4 is 17.7 Å². The highest BCUT2D eigenvalue weighted by Crippen LogP contribution is 2.29. The maximum Gasteiger partial charge on any atom is 0.335 e. The Morgan fingerprint density at radius 2 is 2.19 bits per heavy atom. The van der Waals surface area contributed by atoms with Crippen molar-refractivity contribution < 1.29 is 19.1 Å². The number of rotatable bonds is 5. The van der Waals surface area contributed by atoms with Crippen LogP contribution in [0.4, 0.5) is 14.9 Å². The quantitative estimate of drug-likeness (QED) is 0.818. The summed E-state index contributed by atoms with van der Waals surface area (Å²) in [5.41, 5.74) is -0.268. The summed E-state index contributed by atoms with van der Waals surface area (Å²) in [6, 6.07) is 2.70. The molecule has 0 bridgehead atoms. The first kappa shape index (κ1) is 14.9. The smallest absolute Gasteiger partial charge is 0.335 e. The Hall–Kier alpha value is -2.55. The van der Waals surface area contributed by atoms with Crippen molar-refractivity contribution in [1.82, 2.24) is 4.90 Å². The van der Waals surface area contributed by atoms with Crippen LogP contribution in [0.2, 0.25) is 0 Å². The summed E-state index contributed by atoms with van der Waals surface area (Å²) in [4.78, 5) is 24.4. The van der Waals surface area contributed by atoms with Crippen LogP contribution in [0, 0.1) is 24.1 Å². The minimum absolute atomic E-state index is 0.0996. The highest BCUT2D eigenvalue weighted by Gasteiger charge is 2.26. The van der Waals surface area contributed by atoms with Crippen molar-refractivity contribution in [3.8, 4) is 12.3 Å². The lowest BCUT2D eigenvalue weighted by Gasteiger charge is -2.20. The van der Waals surface area contributed by atoms with E-state index in [1.54, 1.807) is 0 Å². The number of carbonyl (C=O) groups is 2. The Balaban J connectivity index is 2.11. The van der Waals surface area contributed by atoms with E-state index in [-0.39, 0.29) is 17.8 Å². The Labute approximate surface area is 121 Å². The van der Waals surface area contributed by atoms with Crippen molar-refractivity contribution in [3.05, 3.63) is 29.6 Å². The van der Waals surface area contributed by atoms with Crippen molar-refractivity contribution in [2.45, 2.75) is 12.8 Å². The van der Waals surface area contributed by atoms with Gasteiger partial charge in [-0.25, -0.2) is 14.0 Å². The molecular formula is C15H15FN2O3. The molecule has 1 saturated carbocycles. The fraction of sp³-hybridized carbons (Fsp3) is 0.333. The van der Waals surface area contributed by atoms with E-state index in [4.69, 9.17) is 11.5 Å². The van der Waals surface area contributed by atoms with Gasteiger partial charge in [0.1, 0.15) is 5.82 Å². The van der Waals surface area contributed by atoms with Gasteiger partial charge in [0.25, 0.3) is 0 Å². The third kappa shape index (κ3) is 3.96. The van der Waals surface area contributed by atoms with E-state index in [1.165, 1.54) is 4.90 Å². The fourth-order valence-corrected chi connectivity index (χ4v) is 1.89. The molecule has 1 aromatic rings. The number of carboxylic acid groups (broad SMARTS) is 1. The van der Waals surface area contributed by atoms with Crippen molar-refractivity contribution in [1.29, 1.82) is 0 Å². The van der Waals surface area contributed by atoms with Crippen molar-refractivity contribution in [2.24, 2.45) is 5.92 Å². The van der Waals surface area contributed by atoms with Gasteiger partial charge in [0.2, 0.25) is 0 Å². The summed E-state index contributed by atoms with van der Waals surface area (Å²) < 4.78 is 13.7. The van der Waals surface area contributed by atoms with Gasteiger partial charge >= 0.3 is 12.0 Å². The van der Waals surface area contributed by atoms with Crippen LogP contribution in [0.3, 0.4) is 0 Å². The molecule has 0 aromatic heterocycles. The van der Waals surface area contributed by atoms with Crippen LogP contribution in [0.25, 0.3) is 0 Å². The first-order valence-corrected chi connectivity index (χ1v) is 6.53. The van der Waals surface area contributed by atoms with Gasteiger partial charge in [-0.05, 0) is 37.0 Å². The summed E-state index contributed by atoms with van der Waals surface area (Å²) in [5, 5.41) is 11.3. The number of terminal acetylenes is 1. The number of carboxylic acids is 1. The maximum atomic E-state index is 13.7. The molecule has 0 radical (unpaired) electrons. The summed E-state index contributed by atoms with van der Waals surface area (Å²) in [6.45, 7) is 0.652. The number of amides is 2. The topological polar surface area (TPSA) is 69.6 Å². The number of aromatic carboxylic acids is 1. The third-order valence-electron chi connectivity index (χ3n) is 3.20. The maximum absolute atomic E-state index is 13.7. The summed E-state index contributed by atoms with van der Waals surface area (Å²) in [7, 11) is 0. The predicted molar refractivity (Wildman–Crippen MR) is 75.5 cm³/mol. The molecule has 1 aromatic carbocycles. The van der Waals surface area contributed by atoms with Crippen LogP contribution >= 0.6 is 0 Å². The highest BCUT2D eigenvalue weighted by atomic mass is 19.1. The van der Waals surface area contributed by atoms with Gasteiger partial charge in [-0.15, -0.1) is 6.42 Å². The van der Waals surface area contributed by atoms with Gasteiger partial charge in [0.15, 0.2) is 0 Å². The Bertz CT molecular complexity index is 605. The van der Waals surface area contributed by atoms with Gasteiger partial charge in [-0.2, -0.15) is 0 Å². The molecule has 6 heteroatoms. The van der Waals surface area contributed by atoms with E-state index in [0.717, 1.165) is 31.0 Å². The zero-order chi connectivity index (χ0) is 15.4. The number of nitrogens with zero attached hydrogens (tertiary/aromatic N) is 1. The number of carbonyl (C=O) groups excluding carboxylic acids is 1. The second kappa shape index (κ2) is 6.27. The Kier molecular flexibility index (Phi) is 4.43. The second-order valence-electron chi connectivity index (χ2n) is 4.96. The molecule has 0 atom stereocenters. The molecule has 5 nitrogen and oxygen atoms in total. The van der Waals surface area contributed by atoms with Crippen molar-refractivity contribution in [2.75, 3.05) is 18.4 Å². The third-order valence-corrected chi connectivity index (χ3v) is 3.20. The predicted octanol–water partition coefficient (Wildman–Crippen LogP) is 2.40. The number of urea groups is 1. The normalized spacial score (nSPS) is 13.3. The van der Waals surface area contributed by atoms with E-state index >= 15 is 0 Å². The van der Waals surface area contributed by atoms with Crippen LogP contribution < -0.4 is 5.32 Å². The zero-order valence-electron chi connectivity index (χ0n) is 11.3. The molecule has 0 heterocycles. The van der Waals surface area contributed by atoms with Crippen LogP contribution in [0.5, 0.6) is 0 Å². The van der Waals surface area contributed by atoms with Gasteiger partial charge in [0.05, 0.1) is 17.8 Å².